The normalized spacial score (nSPS) is 18.4. The number of rotatable bonds is 7. The summed E-state index contributed by atoms with van der Waals surface area (Å²) >= 11 is 5.63. The predicted molar refractivity (Wildman–Crippen MR) is 116 cm³/mol. The van der Waals surface area contributed by atoms with Gasteiger partial charge in [0.05, 0.1) is 29.3 Å². The smallest absolute Gasteiger partial charge is 0.269 e. The minimum Gasteiger partial charge on any atom is -0.383 e. The van der Waals surface area contributed by atoms with Gasteiger partial charge in [0, 0.05) is 49.6 Å². The second-order valence-electron chi connectivity index (χ2n) is 6.89. The molecular weight excluding hydrogens is 402 g/mol. The van der Waals surface area contributed by atoms with Crippen LogP contribution in [0.4, 0.5) is 5.69 Å². The van der Waals surface area contributed by atoms with Gasteiger partial charge in [0.25, 0.3) is 5.69 Å². The highest BCUT2D eigenvalue weighted by molar-refractivity contribution is 7.80. The molecule has 0 amide bonds. The third-order valence-electron chi connectivity index (χ3n) is 5.16. The van der Waals surface area contributed by atoms with E-state index in [0.29, 0.717) is 18.3 Å². The van der Waals surface area contributed by atoms with Gasteiger partial charge in [0.2, 0.25) is 0 Å². The van der Waals surface area contributed by atoms with Crippen molar-refractivity contribution in [3.63, 3.8) is 0 Å². The van der Waals surface area contributed by atoms with E-state index in [9.17, 15) is 10.1 Å². The van der Waals surface area contributed by atoms with Gasteiger partial charge in [0.15, 0.2) is 5.11 Å². The lowest BCUT2D eigenvalue weighted by molar-refractivity contribution is -0.384. The molecule has 3 aromatic rings. The fraction of sp³-hybridized carbons (Fsp3) is 0.238. The van der Waals surface area contributed by atoms with Crippen molar-refractivity contribution in [3.05, 3.63) is 88.5 Å². The highest BCUT2D eigenvalue weighted by Crippen LogP contribution is 2.39. The second kappa shape index (κ2) is 8.60. The number of nitro benzene ring substituents is 1. The number of nitrogens with zero attached hydrogens (tertiary/aromatic N) is 4. The van der Waals surface area contributed by atoms with Crippen LogP contribution in [-0.2, 0) is 4.74 Å². The Kier molecular flexibility index (Phi) is 5.73. The van der Waals surface area contributed by atoms with Crippen molar-refractivity contribution in [2.75, 3.05) is 20.3 Å². The van der Waals surface area contributed by atoms with Crippen molar-refractivity contribution >= 4 is 23.0 Å². The highest BCUT2D eigenvalue weighted by Gasteiger charge is 2.41. The van der Waals surface area contributed by atoms with Crippen LogP contribution in [0.5, 0.6) is 0 Å². The lowest BCUT2D eigenvalue weighted by atomic mass is 10.0. The standard InChI is InChI=1S/C21H21N5O3S/c1-29-14-13-25-20(19(23-21(25)30)17-5-2-3-11-22-17)18-6-4-12-24(18)15-7-9-16(10-8-15)26(27)28/h2-12,19-20H,13-14H2,1H3,(H,23,30)/t19-,20+/m0/s1. The summed E-state index contributed by atoms with van der Waals surface area (Å²) in [4.78, 5) is 17.3. The maximum atomic E-state index is 11.0. The Balaban J connectivity index is 1.76. The molecule has 0 radical (unpaired) electrons. The molecule has 30 heavy (non-hydrogen) atoms. The number of hydrogen-bond acceptors (Lipinski definition) is 5. The van der Waals surface area contributed by atoms with Crippen LogP contribution in [-0.4, -0.2) is 44.7 Å². The molecule has 3 heterocycles. The first-order chi connectivity index (χ1) is 14.6. The van der Waals surface area contributed by atoms with Gasteiger partial charge >= 0.3 is 0 Å². The molecule has 0 spiro atoms. The van der Waals surface area contributed by atoms with E-state index in [4.69, 9.17) is 17.0 Å². The highest BCUT2D eigenvalue weighted by atomic mass is 32.1. The molecule has 0 bridgehead atoms. The minimum atomic E-state index is -0.400. The van der Waals surface area contributed by atoms with Gasteiger partial charge in [0.1, 0.15) is 0 Å². The van der Waals surface area contributed by atoms with E-state index in [1.165, 1.54) is 12.1 Å². The van der Waals surface area contributed by atoms with Crippen molar-refractivity contribution in [2.24, 2.45) is 0 Å². The molecule has 8 nitrogen and oxygen atoms in total. The van der Waals surface area contributed by atoms with E-state index >= 15 is 0 Å². The number of pyridine rings is 1. The average Bonchev–Trinajstić information content (AvgIpc) is 3.37. The summed E-state index contributed by atoms with van der Waals surface area (Å²) in [5, 5.41) is 15.1. The Hall–Kier alpha value is -3.30. The van der Waals surface area contributed by atoms with Crippen molar-refractivity contribution in [1.82, 2.24) is 19.8 Å². The van der Waals surface area contributed by atoms with Gasteiger partial charge in [-0.05, 0) is 48.6 Å². The van der Waals surface area contributed by atoms with E-state index in [2.05, 4.69) is 15.2 Å². The van der Waals surface area contributed by atoms with Gasteiger partial charge in [-0.3, -0.25) is 15.1 Å². The molecule has 0 saturated carbocycles. The fourth-order valence-corrected chi connectivity index (χ4v) is 4.09. The van der Waals surface area contributed by atoms with E-state index < -0.39 is 4.92 Å². The molecule has 2 aromatic heterocycles. The SMILES string of the molecule is COCCN1C(=S)N[C@@H](c2ccccn2)[C@H]1c1cccn1-c1ccc([N+](=O)[O-])cc1. The van der Waals surface area contributed by atoms with Gasteiger partial charge in [-0.2, -0.15) is 0 Å². The summed E-state index contributed by atoms with van der Waals surface area (Å²) in [6, 6.07) is 16.1. The largest absolute Gasteiger partial charge is 0.383 e. The summed E-state index contributed by atoms with van der Waals surface area (Å²) in [5.41, 5.74) is 2.79. The molecule has 154 valence electrons. The molecule has 1 fully saturated rings. The summed E-state index contributed by atoms with van der Waals surface area (Å²) in [6.07, 6.45) is 3.71. The summed E-state index contributed by atoms with van der Waals surface area (Å²) in [5.74, 6) is 0. The third-order valence-corrected chi connectivity index (χ3v) is 5.51. The van der Waals surface area contributed by atoms with Crippen molar-refractivity contribution < 1.29 is 9.66 Å². The Morgan fingerprint density at radius 3 is 2.67 bits per heavy atom. The molecule has 1 saturated heterocycles. The maximum Gasteiger partial charge on any atom is 0.269 e. The number of aromatic nitrogens is 2. The number of non-ortho nitro benzene ring substituents is 1. The van der Waals surface area contributed by atoms with Gasteiger partial charge in [-0.15, -0.1) is 0 Å². The van der Waals surface area contributed by atoms with Crippen LogP contribution < -0.4 is 5.32 Å². The molecule has 1 aromatic carbocycles. The van der Waals surface area contributed by atoms with Crippen LogP contribution in [0, 0.1) is 10.1 Å². The number of hydrogen-bond donors (Lipinski definition) is 1. The van der Waals surface area contributed by atoms with E-state index in [0.717, 1.165) is 17.1 Å². The second-order valence-corrected chi connectivity index (χ2v) is 7.28. The summed E-state index contributed by atoms with van der Waals surface area (Å²) in [6.45, 7) is 1.16. The molecule has 1 N–H and O–H groups in total. The molecule has 2 atom stereocenters. The average molecular weight is 423 g/mol. The summed E-state index contributed by atoms with van der Waals surface area (Å²) in [7, 11) is 1.66. The van der Waals surface area contributed by atoms with Gasteiger partial charge in [-0.1, -0.05) is 6.07 Å². The van der Waals surface area contributed by atoms with E-state index in [-0.39, 0.29) is 17.8 Å². The van der Waals surface area contributed by atoms with Crippen molar-refractivity contribution in [2.45, 2.75) is 12.1 Å². The van der Waals surface area contributed by atoms with Crippen LogP contribution in [0.2, 0.25) is 0 Å². The molecule has 4 rings (SSSR count). The Bertz CT molecular complexity index is 1040. The quantitative estimate of drug-likeness (QED) is 0.354. The zero-order chi connectivity index (χ0) is 21.1. The minimum absolute atomic E-state index is 0.0595. The predicted octanol–water partition coefficient (Wildman–Crippen LogP) is 3.40. The number of methoxy groups -OCH3 is 1. The Labute approximate surface area is 179 Å². The van der Waals surface area contributed by atoms with Crippen LogP contribution in [0.1, 0.15) is 23.5 Å². The number of thiocarbonyl (C=S) groups is 1. The molecule has 9 heteroatoms. The zero-order valence-corrected chi connectivity index (χ0v) is 17.2. The molecule has 0 unspecified atom stereocenters. The maximum absolute atomic E-state index is 11.0. The third kappa shape index (κ3) is 3.77. The van der Waals surface area contributed by atoms with Crippen molar-refractivity contribution in [1.29, 1.82) is 0 Å². The first kappa shape index (κ1) is 20.0. The first-order valence-electron chi connectivity index (χ1n) is 9.49. The molecule has 1 aliphatic heterocycles. The van der Waals surface area contributed by atoms with Gasteiger partial charge in [-0.25, -0.2) is 0 Å². The van der Waals surface area contributed by atoms with E-state index in [1.54, 1.807) is 25.4 Å². The first-order valence-corrected chi connectivity index (χ1v) is 9.90. The van der Waals surface area contributed by atoms with E-state index in [1.807, 2.05) is 41.1 Å². The van der Waals surface area contributed by atoms with Crippen LogP contribution in [0.15, 0.2) is 67.0 Å². The topological polar surface area (TPSA) is 85.5 Å². The van der Waals surface area contributed by atoms with Crippen LogP contribution >= 0.6 is 12.2 Å². The monoisotopic (exact) mass is 423 g/mol. The number of benzene rings is 1. The number of nitrogens with one attached hydrogen (secondary N) is 1. The van der Waals surface area contributed by atoms with Crippen LogP contribution in [0.25, 0.3) is 5.69 Å². The van der Waals surface area contributed by atoms with Crippen LogP contribution in [0.3, 0.4) is 0 Å². The lowest BCUT2D eigenvalue weighted by Crippen LogP contribution is -2.33. The molecular formula is C21H21N5O3S. The van der Waals surface area contributed by atoms with Crippen molar-refractivity contribution in [3.8, 4) is 5.69 Å². The Morgan fingerprint density at radius 2 is 2.00 bits per heavy atom. The molecule has 0 aliphatic carbocycles. The lowest BCUT2D eigenvalue weighted by Gasteiger charge is -2.28. The zero-order valence-electron chi connectivity index (χ0n) is 16.3. The summed E-state index contributed by atoms with van der Waals surface area (Å²) < 4.78 is 7.32. The number of nitro groups is 1. The number of ether oxygens (including phenoxy) is 1. The Morgan fingerprint density at radius 1 is 1.20 bits per heavy atom. The van der Waals surface area contributed by atoms with Gasteiger partial charge < -0.3 is 19.5 Å². The fourth-order valence-electron chi connectivity index (χ4n) is 3.76. The molecule has 1 aliphatic rings.